The molecule has 0 fully saturated rings. The van der Waals surface area contributed by atoms with Crippen LogP contribution in [0.4, 0.5) is 4.79 Å². The van der Waals surface area contributed by atoms with Crippen molar-refractivity contribution in [1.82, 2.24) is 9.80 Å². The highest BCUT2D eigenvalue weighted by Crippen LogP contribution is 2.20. The fourth-order valence-electron chi connectivity index (χ4n) is 7.18. The lowest BCUT2D eigenvalue weighted by Gasteiger charge is -2.26. The van der Waals surface area contributed by atoms with Crippen LogP contribution in [0.5, 0.6) is 0 Å². The van der Waals surface area contributed by atoms with Crippen molar-refractivity contribution < 1.29 is 33.3 Å². The maximum absolute atomic E-state index is 12.8. The van der Waals surface area contributed by atoms with E-state index >= 15 is 0 Å². The molecule has 0 aliphatic carbocycles. The van der Waals surface area contributed by atoms with Crippen LogP contribution in [0, 0.1) is 5.92 Å². The first-order valence-electron chi connectivity index (χ1n) is 23.9. The van der Waals surface area contributed by atoms with Gasteiger partial charge in [0.25, 0.3) is 0 Å². The molecule has 2 unspecified atom stereocenters. The van der Waals surface area contributed by atoms with Gasteiger partial charge in [0.1, 0.15) is 19.3 Å². The number of hydrogen-bond donors (Lipinski definition) is 0. The summed E-state index contributed by atoms with van der Waals surface area (Å²) < 4.78 is 22.7. The SMILES string of the molecule is CCCCCCC(=O)OCCN(CCOC(=O)OC(CCCCCC)CCCCCCCCCC(=O)OCC(CCCC)CCCCCC)CCN(CC)CC. The summed E-state index contributed by atoms with van der Waals surface area (Å²) in [6.45, 7) is 19.3. The number of hydrogen-bond acceptors (Lipinski definition) is 9. The molecule has 0 N–H and O–H groups in total. The maximum Gasteiger partial charge on any atom is 0.508 e. The topological polar surface area (TPSA) is 94.6 Å². The minimum Gasteiger partial charge on any atom is -0.465 e. The zero-order valence-electron chi connectivity index (χ0n) is 37.9. The average Bonchev–Trinajstić information content (AvgIpc) is 3.19. The third-order valence-corrected chi connectivity index (χ3v) is 11.1. The third-order valence-electron chi connectivity index (χ3n) is 11.1. The van der Waals surface area contributed by atoms with E-state index in [0.29, 0.717) is 45.1 Å². The number of unbranched alkanes of at least 4 members (excludes halogenated alkanes) is 16. The van der Waals surface area contributed by atoms with E-state index in [0.717, 1.165) is 116 Å². The van der Waals surface area contributed by atoms with Crippen molar-refractivity contribution in [2.75, 3.05) is 59.1 Å². The van der Waals surface area contributed by atoms with Gasteiger partial charge in [-0.15, -0.1) is 0 Å². The standard InChI is InChI=1S/C47H92N2O7/c1-7-13-17-25-31-43(30-16-10-4)42-55-46(51)35-29-24-22-20-21-23-27-33-44(32-26-18-14-8-2)56-47(52)54-41-39-49(37-36-48(11-5)12-6)38-40-53-45(50)34-28-19-15-9-3/h43-44H,7-42H2,1-6H3. The van der Waals surface area contributed by atoms with Crippen molar-refractivity contribution in [1.29, 1.82) is 0 Å². The van der Waals surface area contributed by atoms with E-state index in [9.17, 15) is 14.4 Å². The smallest absolute Gasteiger partial charge is 0.465 e. The Morgan fingerprint density at radius 3 is 1.41 bits per heavy atom. The second kappa shape index (κ2) is 41.3. The zero-order valence-corrected chi connectivity index (χ0v) is 37.9. The summed E-state index contributed by atoms with van der Waals surface area (Å²) in [7, 11) is 0. The highest BCUT2D eigenvalue weighted by Gasteiger charge is 2.17. The predicted octanol–water partition coefficient (Wildman–Crippen LogP) is 12.5. The van der Waals surface area contributed by atoms with Crippen LogP contribution >= 0.6 is 0 Å². The number of likely N-dealkylation sites (N-methyl/N-ethyl adjacent to an activating group) is 1. The van der Waals surface area contributed by atoms with Gasteiger partial charge in [0, 0.05) is 39.0 Å². The molecule has 2 atom stereocenters. The van der Waals surface area contributed by atoms with Gasteiger partial charge in [-0.1, -0.05) is 151 Å². The van der Waals surface area contributed by atoms with Crippen LogP contribution in [-0.4, -0.2) is 93.1 Å². The van der Waals surface area contributed by atoms with Crippen LogP contribution < -0.4 is 0 Å². The number of ether oxygens (including phenoxy) is 4. The lowest BCUT2D eigenvalue weighted by atomic mass is 9.96. The van der Waals surface area contributed by atoms with E-state index in [4.69, 9.17) is 18.9 Å². The Balaban J connectivity index is 4.52. The van der Waals surface area contributed by atoms with Gasteiger partial charge in [0.05, 0.1) is 6.61 Å². The summed E-state index contributed by atoms with van der Waals surface area (Å²) in [6, 6.07) is 0. The monoisotopic (exact) mass is 797 g/mol. The Morgan fingerprint density at radius 2 is 0.857 bits per heavy atom. The molecule has 0 saturated heterocycles. The number of nitrogens with zero attached hydrogens (tertiary/aromatic N) is 2. The van der Waals surface area contributed by atoms with Gasteiger partial charge < -0.3 is 23.8 Å². The Bertz CT molecular complexity index is 885. The van der Waals surface area contributed by atoms with Crippen molar-refractivity contribution >= 4 is 18.1 Å². The molecule has 0 bridgehead atoms. The highest BCUT2D eigenvalue weighted by molar-refractivity contribution is 5.69. The Kier molecular flexibility index (Phi) is 39.9. The molecule has 0 aliphatic rings. The van der Waals surface area contributed by atoms with Gasteiger partial charge in [-0.2, -0.15) is 0 Å². The molecule has 0 spiro atoms. The second-order valence-corrected chi connectivity index (χ2v) is 16.1. The van der Waals surface area contributed by atoms with E-state index in [-0.39, 0.29) is 24.6 Å². The fourth-order valence-corrected chi connectivity index (χ4v) is 7.18. The molecule has 0 amide bonds. The summed E-state index contributed by atoms with van der Waals surface area (Å²) >= 11 is 0. The molecule has 0 aliphatic heterocycles. The first-order chi connectivity index (χ1) is 27.3. The normalized spacial score (nSPS) is 12.6. The van der Waals surface area contributed by atoms with Crippen molar-refractivity contribution in [2.45, 2.75) is 221 Å². The van der Waals surface area contributed by atoms with Crippen molar-refractivity contribution in [3.8, 4) is 0 Å². The second-order valence-electron chi connectivity index (χ2n) is 16.1. The highest BCUT2D eigenvalue weighted by atomic mass is 16.7. The summed E-state index contributed by atoms with van der Waals surface area (Å²) in [5, 5.41) is 0. The van der Waals surface area contributed by atoms with E-state index in [1.165, 1.54) is 70.6 Å². The van der Waals surface area contributed by atoms with Crippen molar-refractivity contribution in [2.24, 2.45) is 5.92 Å². The Morgan fingerprint density at radius 1 is 0.429 bits per heavy atom. The first kappa shape index (κ1) is 54.1. The molecular weight excluding hydrogens is 705 g/mol. The minimum absolute atomic E-state index is 0.0257. The van der Waals surface area contributed by atoms with Crippen LogP contribution in [0.3, 0.4) is 0 Å². The van der Waals surface area contributed by atoms with E-state index in [1.807, 2.05) is 0 Å². The Hall–Kier alpha value is -1.87. The lowest BCUT2D eigenvalue weighted by molar-refractivity contribution is -0.145. The number of carbonyl (C=O) groups is 3. The van der Waals surface area contributed by atoms with Crippen LogP contribution in [-0.2, 0) is 28.5 Å². The van der Waals surface area contributed by atoms with Crippen LogP contribution in [0.15, 0.2) is 0 Å². The number of rotatable bonds is 42. The van der Waals surface area contributed by atoms with Gasteiger partial charge in [-0.3, -0.25) is 14.5 Å². The molecule has 0 aromatic heterocycles. The Labute approximate surface area is 346 Å². The summed E-state index contributed by atoms with van der Waals surface area (Å²) in [5.74, 6) is 0.367. The number of carbonyl (C=O) groups excluding carboxylic acids is 3. The number of esters is 2. The third kappa shape index (κ3) is 35.3. The van der Waals surface area contributed by atoms with Gasteiger partial charge in [-0.25, -0.2) is 4.79 Å². The minimum atomic E-state index is -0.574. The molecule has 0 saturated carbocycles. The lowest BCUT2D eigenvalue weighted by Crippen LogP contribution is -2.39. The fraction of sp³-hybridized carbons (Fsp3) is 0.936. The molecule has 332 valence electrons. The predicted molar refractivity (Wildman–Crippen MR) is 233 cm³/mol. The van der Waals surface area contributed by atoms with Gasteiger partial charge in [-0.05, 0) is 70.4 Å². The largest absolute Gasteiger partial charge is 0.508 e. The molecule has 0 aromatic carbocycles. The molecule has 9 nitrogen and oxygen atoms in total. The average molecular weight is 797 g/mol. The van der Waals surface area contributed by atoms with Crippen molar-refractivity contribution in [3.05, 3.63) is 0 Å². The van der Waals surface area contributed by atoms with E-state index < -0.39 is 6.16 Å². The summed E-state index contributed by atoms with van der Waals surface area (Å²) in [6.07, 6.45) is 28.3. The quantitative estimate of drug-likeness (QED) is 0.0340. The van der Waals surface area contributed by atoms with E-state index in [2.05, 4.69) is 51.3 Å². The van der Waals surface area contributed by atoms with Crippen LogP contribution in [0.2, 0.25) is 0 Å². The van der Waals surface area contributed by atoms with Gasteiger partial charge in [0.15, 0.2) is 0 Å². The summed E-state index contributed by atoms with van der Waals surface area (Å²) in [4.78, 5) is 42.0. The molecule has 9 heteroatoms. The van der Waals surface area contributed by atoms with Gasteiger partial charge in [0.2, 0.25) is 0 Å². The summed E-state index contributed by atoms with van der Waals surface area (Å²) in [5.41, 5.74) is 0. The van der Waals surface area contributed by atoms with Crippen LogP contribution in [0.1, 0.15) is 215 Å². The molecule has 56 heavy (non-hydrogen) atoms. The first-order valence-corrected chi connectivity index (χ1v) is 23.9. The molecule has 0 radical (unpaired) electrons. The molecule has 0 rings (SSSR count). The van der Waals surface area contributed by atoms with Gasteiger partial charge >= 0.3 is 18.1 Å². The molecule has 0 heterocycles. The van der Waals surface area contributed by atoms with Crippen molar-refractivity contribution in [3.63, 3.8) is 0 Å². The van der Waals surface area contributed by atoms with E-state index in [1.54, 1.807) is 0 Å². The maximum atomic E-state index is 12.8. The van der Waals surface area contributed by atoms with Crippen LogP contribution in [0.25, 0.3) is 0 Å². The molecule has 0 aromatic rings. The molecular formula is C47H92N2O7. The zero-order chi connectivity index (χ0) is 41.3.